The van der Waals surface area contributed by atoms with Gasteiger partial charge in [-0.25, -0.2) is 0 Å². The van der Waals surface area contributed by atoms with Gasteiger partial charge in [-0.2, -0.15) is 0 Å². The van der Waals surface area contributed by atoms with Crippen molar-refractivity contribution in [2.45, 2.75) is 59.8 Å². The fraction of sp³-hybridized carbons (Fsp3) is 1.00. The lowest BCUT2D eigenvalue weighted by atomic mass is 10.1. The molecule has 0 aromatic carbocycles. The maximum absolute atomic E-state index is 2.64. The topological polar surface area (TPSA) is 6.48 Å². The predicted molar refractivity (Wildman–Crippen MR) is 62.3 cm³/mol. The van der Waals surface area contributed by atoms with Crippen molar-refractivity contribution in [3.05, 3.63) is 0 Å². The SMILES string of the molecule is CCN1C(C(C)C)N(C(C)C)C[C@@H]1C. The Morgan fingerprint density at radius 1 is 1.21 bits per heavy atom. The highest BCUT2D eigenvalue weighted by Crippen LogP contribution is 2.27. The van der Waals surface area contributed by atoms with Crippen molar-refractivity contribution in [3.8, 4) is 0 Å². The summed E-state index contributed by atoms with van der Waals surface area (Å²) in [6.45, 7) is 16.3. The lowest BCUT2D eigenvalue weighted by Crippen LogP contribution is -2.46. The molecule has 0 N–H and O–H groups in total. The van der Waals surface area contributed by atoms with Gasteiger partial charge in [-0.05, 0) is 33.2 Å². The summed E-state index contributed by atoms with van der Waals surface area (Å²) in [6.07, 6.45) is 0.648. The Balaban J connectivity index is 2.79. The minimum Gasteiger partial charge on any atom is -0.284 e. The van der Waals surface area contributed by atoms with Crippen LogP contribution in [0.4, 0.5) is 0 Å². The first kappa shape index (κ1) is 12.0. The second kappa shape index (κ2) is 4.63. The third-order valence-electron chi connectivity index (χ3n) is 3.35. The maximum Gasteiger partial charge on any atom is 0.0651 e. The van der Waals surface area contributed by atoms with E-state index in [0.29, 0.717) is 12.2 Å². The van der Waals surface area contributed by atoms with Gasteiger partial charge >= 0.3 is 0 Å². The van der Waals surface area contributed by atoms with E-state index in [1.807, 2.05) is 0 Å². The van der Waals surface area contributed by atoms with Crippen LogP contribution in [-0.2, 0) is 0 Å². The maximum atomic E-state index is 2.64. The molecule has 0 aromatic heterocycles. The van der Waals surface area contributed by atoms with Gasteiger partial charge in [0.25, 0.3) is 0 Å². The van der Waals surface area contributed by atoms with E-state index in [1.54, 1.807) is 0 Å². The van der Waals surface area contributed by atoms with Crippen LogP contribution in [0.5, 0.6) is 0 Å². The van der Waals surface area contributed by atoms with Gasteiger partial charge in [-0.15, -0.1) is 0 Å². The first-order chi connectivity index (χ1) is 6.49. The normalized spacial score (nSPS) is 30.9. The quantitative estimate of drug-likeness (QED) is 0.687. The summed E-state index contributed by atoms with van der Waals surface area (Å²) < 4.78 is 0. The molecule has 2 atom stereocenters. The number of hydrogen-bond acceptors (Lipinski definition) is 2. The highest BCUT2D eigenvalue weighted by Gasteiger charge is 2.38. The summed E-state index contributed by atoms with van der Waals surface area (Å²) in [6, 6.07) is 1.39. The molecule has 14 heavy (non-hydrogen) atoms. The van der Waals surface area contributed by atoms with Crippen LogP contribution in [0.25, 0.3) is 0 Å². The minimum atomic E-state index is 0.648. The van der Waals surface area contributed by atoms with Crippen molar-refractivity contribution in [2.24, 2.45) is 5.92 Å². The molecule has 1 heterocycles. The Morgan fingerprint density at radius 3 is 2.14 bits per heavy atom. The molecule has 1 unspecified atom stereocenters. The van der Waals surface area contributed by atoms with Gasteiger partial charge in [0.15, 0.2) is 0 Å². The summed E-state index contributed by atoms with van der Waals surface area (Å²) in [5.74, 6) is 0.724. The Hall–Kier alpha value is -0.0800. The van der Waals surface area contributed by atoms with Gasteiger partial charge in [-0.1, -0.05) is 20.8 Å². The lowest BCUT2D eigenvalue weighted by molar-refractivity contribution is 0.0674. The minimum absolute atomic E-state index is 0.648. The number of likely N-dealkylation sites (N-methyl/N-ethyl adjacent to an activating group) is 1. The van der Waals surface area contributed by atoms with E-state index < -0.39 is 0 Å². The zero-order chi connectivity index (χ0) is 10.9. The van der Waals surface area contributed by atoms with Crippen LogP contribution in [0.15, 0.2) is 0 Å². The summed E-state index contributed by atoms with van der Waals surface area (Å²) in [4.78, 5) is 5.27. The third kappa shape index (κ3) is 2.12. The molecule has 84 valence electrons. The Labute approximate surface area is 89.3 Å². The molecule has 0 spiro atoms. The van der Waals surface area contributed by atoms with Crippen molar-refractivity contribution >= 4 is 0 Å². The molecule has 2 nitrogen and oxygen atoms in total. The average Bonchev–Trinajstić information content (AvgIpc) is 2.42. The fourth-order valence-corrected chi connectivity index (χ4v) is 2.75. The standard InChI is InChI=1S/C12H26N2/c1-7-13-11(6)8-14(10(4)5)12(13)9(2)3/h9-12H,7-8H2,1-6H3/t11-,12?/m0/s1. The van der Waals surface area contributed by atoms with Crippen molar-refractivity contribution < 1.29 is 0 Å². The van der Waals surface area contributed by atoms with Crippen LogP contribution in [0.2, 0.25) is 0 Å². The molecule has 1 aliphatic heterocycles. The second-order valence-electron chi connectivity index (χ2n) is 5.13. The Morgan fingerprint density at radius 2 is 1.79 bits per heavy atom. The average molecular weight is 198 g/mol. The van der Waals surface area contributed by atoms with Gasteiger partial charge in [-0.3, -0.25) is 9.80 Å². The number of rotatable bonds is 3. The molecule has 1 fully saturated rings. The molecule has 0 aliphatic carbocycles. The summed E-state index contributed by atoms with van der Waals surface area (Å²) in [5.41, 5.74) is 0. The molecular weight excluding hydrogens is 172 g/mol. The predicted octanol–water partition coefficient (Wildman–Crippen LogP) is 2.40. The molecule has 0 saturated carbocycles. The molecule has 2 heteroatoms. The van der Waals surface area contributed by atoms with Crippen LogP contribution < -0.4 is 0 Å². The Bertz CT molecular complexity index is 177. The van der Waals surface area contributed by atoms with E-state index in [0.717, 1.165) is 12.0 Å². The van der Waals surface area contributed by atoms with Crippen molar-refractivity contribution in [1.29, 1.82) is 0 Å². The van der Waals surface area contributed by atoms with E-state index in [-0.39, 0.29) is 0 Å². The van der Waals surface area contributed by atoms with Crippen LogP contribution in [-0.4, -0.2) is 41.1 Å². The van der Waals surface area contributed by atoms with Crippen molar-refractivity contribution in [1.82, 2.24) is 9.80 Å². The first-order valence-electron chi connectivity index (χ1n) is 6.00. The van der Waals surface area contributed by atoms with Crippen molar-refractivity contribution in [3.63, 3.8) is 0 Å². The molecule has 1 aliphatic rings. The van der Waals surface area contributed by atoms with E-state index in [4.69, 9.17) is 0 Å². The Kier molecular flexibility index (Phi) is 3.96. The third-order valence-corrected chi connectivity index (χ3v) is 3.35. The van der Waals surface area contributed by atoms with Gasteiger partial charge in [0.2, 0.25) is 0 Å². The first-order valence-corrected chi connectivity index (χ1v) is 6.00. The van der Waals surface area contributed by atoms with Crippen molar-refractivity contribution in [2.75, 3.05) is 13.1 Å². The second-order valence-corrected chi connectivity index (χ2v) is 5.13. The van der Waals surface area contributed by atoms with E-state index in [9.17, 15) is 0 Å². The zero-order valence-electron chi connectivity index (χ0n) is 10.6. The lowest BCUT2D eigenvalue weighted by Gasteiger charge is -2.35. The van der Waals surface area contributed by atoms with Crippen LogP contribution in [0, 0.1) is 5.92 Å². The highest BCUT2D eigenvalue weighted by atomic mass is 15.4. The van der Waals surface area contributed by atoms with E-state index in [2.05, 4.69) is 51.3 Å². The number of nitrogens with zero attached hydrogens (tertiary/aromatic N) is 2. The van der Waals surface area contributed by atoms with E-state index >= 15 is 0 Å². The largest absolute Gasteiger partial charge is 0.284 e. The van der Waals surface area contributed by atoms with Crippen LogP contribution in [0.3, 0.4) is 0 Å². The zero-order valence-corrected chi connectivity index (χ0v) is 10.6. The summed E-state index contributed by atoms with van der Waals surface area (Å²) >= 11 is 0. The van der Waals surface area contributed by atoms with Gasteiger partial charge in [0.1, 0.15) is 0 Å². The monoisotopic (exact) mass is 198 g/mol. The molecular formula is C12H26N2. The number of hydrogen-bond donors (Lipinski definition) is 0. The van der Waals surface area contributed by atoms with E-state index in [1.165, 1.54) is 13.1 Å². The molecule has 1 saturated heterocycles. The molecule has 0 radical (unpaired) electrons. The smallest absolute Gasteiger partial charge is 0.0651 e. The highest BCUT2D eigenvalue weighted by molar-refractivity contribution is 4.90. The summed E-state index contributed by atoms with van der Waals surface area (Å²) in [7, 11) is 0. The molecule has 0 bridgehead atoms. The molecule has 0 aromatic rings. The van der Waals surface area contributed by atoms with Crippen LogP contribution >= 0.6 is 0 Å². The van der Waals surface area contributed by atoms with Gasteiger partial charge in [0, 0.05) is 18.6 Å². The van der Waals surface area contributed by atoms with Crippen LogP contribution in [0.1, 0.15) is 41.5 Å². The fourth-order valence-electron chi connectivity index (χ4n) is 2.75. The van der Waals surface area contributed by atoms with Gasteiger partial charge < -0.3 is 0 Å². The molecule has 0 amide bonds. The molecule has 1 rings (SSSR count). The summed E-state index contributed by atoms with van der Waals surface area (Å²) in [5, 5.41) is 0. The van der Waals surface area contributed by atoms with Gasteiger partial charge in [0.05, 0.1) is 6.17 Å².